The second kappa shape index (κ2) is 7.29. The fourth-order valence-corrected chi connectivity index (χ4v) is 1.95. The average Bonchev–Trinajstić information content (AvgIpc) is 2.32. The van der Waals surface area contributed by atoms with Gasteiger partial charge in [-0.3, -0.25) is 0 Å². The van der Waals surface area contributed by atoms with Crippen LogP contribution in [0.15, 0.2) is 24.3 Å². The first-order valence-corrected chi connectivity index (χ1v) is 6.99. The lowest BCUT2D eigenvalue weighted by molar-refractivity contribution is 0.0498. The Morgan fingerprint density at radius 2 is 2.10 bits per heavy atom. The Labute approximate surface area is 121 Å². The lowest BCUT2D eigenvalue weighted by Crippen LogP contribution is -2.35. The van der Waals surface area contributed by atoms with Crippen LogP contribution < -0.4 is 5.32 Å². The zero-order valence-electron chi connectivity index (χ0n) is 12.8. The summed E-state index contributed by atoms with van der Waals surface area (Å²) in [6.45, 7) is 7.63. The fraction of sp³-hybridized carbons (Fsp3) is 0.562. The summed E-state index contributed by atoms with van der Waals surface area (Å²) < 4.78 is 5.29. The molecule has 1 amide bonds. The van der Waals surface area contributed by atoms with Gasteiger partial charge in [-0.1, -0.05) is 29.8 Å². The third-order valence-corrected chi connectivity index (χ3v) is 2.79. The lowest BCUT2D eigenvalue weighted by atomic mass is 10.0. The molecule has 0 aromatic heterocycles. The molecule has 0 radical (unpaired) electrons. The molecule has 0 aliphatic heterocycles. The van der Waals surface area contributed by atoms with E-state index in [2.05, 4.69) is 5.32 Å². The van der Waals surface area contributed by atoms with Crippen molar-refractivity contribution in [2.75, 3.05) is 6.61 Å². The van der Waals surface area contributed by atoms with Gasteiger partial charge in [-0.15, -0.1) is 0 Å². The molecule has 1 aromatic carbocycles. The minimum Gasteiger partial charge on any atom is -0.444 e. The predicted octanol–water partition coefficient (Wildman–Crippen LogP) is 3.33. The largest absolute Gasteiger partial charge is 0.444 e. The van der Waals surface area contributed by atoms with Crippen molar-refractivity contribution in [3.63, 3.8) is 0 Å². The first-order chi connectivity index (χ1) is 9.31. The zero-order chi connectivity index (χ0) is 15.2. The van der Waals surface area contributed by atoms with E-state index in [-0.39, 0.29) is 12.6 Å². The number of alkyl carbamates (subject to hydrolysis) is 1. The molecule has 4 heteroatoms. The Balaban J connectivity index is 2.77. The quantitative estimate of drug-likeness (QED) is 0.869. The number of ether oxygens (including phenoxy) is 1. The molecule has 0 spiro atoms. The maximum Gasteiger partial charge on any atom is 0.408 e. The Hall–Kier alpha value is -1.55. The van der Waals surface area contributed by atoms with E-state index in [4.69, 9.17) is 9.84 Å². The van der Waals surface area contributed by atoms with Gasteiger partial charge in [0, 0.05) is 6.61 Å². The minimum absolute atomic E-state index is 0.109. The van der Waals surface area contributed by atoms with Gasteiger partial charge in [-0.05, 0) is 46.1 Å². The molecule has 1 aromatic rings. The maximum absolute atomic E-state index is 11.9. The predicted molar refractivity (Wildman–Crippen MR) is 79.6 cm³/mol. The molecule has 1 unspecified atom stereocenters. The van der Waals surface area contributed by atoms with Gasteiger partial charge in [0.25, 0.3) is 0 Å². The van der Waals surface area contributed by atoms with Gasteiger partial charge >= 0.3 is 6.09 Å². The van der Waals surface area contributed by atoms with Crippen LogP contribution in [0.1, 0.15) is 50.8 Å². The van der Waals surface area contributed by atoms with E-state index in [0.29, 0.717) is 12.8 Å². The number of carbonyl (C=O) groups is 1. The normalized spacial score (nSPS) is 12.8. The van der Waals surface area contributed by atoms with Crippen molar-refractivity contribution in [3.05, 3.63) is 35.4 Å². The van der Waals surface area contributed by atoms with Gasteiger partial charge in [0.15, 0.2) is 0 Å². The van der Waals surface area contributed by atoms with Crippen LogP contribution in [-0.4, -0.2) is 23.4 Å². The smallest absolute Gasteiger partial charge is 0.408 e. The van der Waals surface area contributed by atoms with Crippen molar-refractivity contribution in [2.24, 2.45) is 0 Å². The van der Waals surface area contributed by atoms with E-state index in [1.165, 1.54) is 0 Å². The highest BCUT2D eigenvalue weighted by atomic mass is 16.6. The summed E-state index contributed by atoms with van der Waals surface area (Å²) >= 11 is 0. The lowest BCUT2D eigenvalue weighted by Gasteiger charge is -2.24. The van der Waals surface area contributed by atoms with Gasteiger partial charge in [0.1, 0.15) is 5.60 Å². The van der Waals surface area contributed by atoms with Gasteiger partial charge < -0.3 is 15.2 Å². The van der Waals surface area contributed by atoms with Crippen LogP contribution in [0.2, 0.25) is 0 Å². The topological polar surface area (TPSA) is 58.6 Å². The van der Waals surface area contributed by atoms with E-state index in [9.17, 15) is 4.79 Å². The van der Waals surface area contributed by atoms with Crippen LogP contribution in [-0.2, 0) is 4.74 Å². The molecular weight excluding hydrogens is 254 g/mol. The number of carbonyl (C=O) groups excluding carboxylic acids is 1. The molecule has 0 aliphatic rings. The van der Waals surface area contributed by atoms with E-state index < -0.39 is 11.7 Å². The van der Waals surface area contributed by atoms with Crippen LogP contribution in [0.3, 0.4) is 0 Å². The molecule has 0 heterocycles. The van der Waals surface area contributed by atoms with Crippen molar-refractivity contribution in [2.45, 2.75) is 52.2 Å². The number of rotatable bonds is 5. The molecule has 0 saturated heterocycles. The highest BCUT2D eigenvalue weighted by Gasteiger charge is 2.20. The van der Waals surface area contributed by atoms with Gasteiger partial charge in [0.05, 0.1) is 6.04 Å². The second-order valence-electron chi connectivity index (χ2n) is 5.98. The number of hydrogen-bond acceptors (Lipinski definition) is 3. The Morgan fingerprint density at radius 3 is 2.65 bits per heavy atom. The summed E-state index contributed by atoms with van der Waals surface area (Å²) in [4.78, 5) is 11.9. The van der Waals surface area contributed by atoms with Crippen molar-refractivity contribution < 1.29 is 14.6 Å². The van der Waals surface area contributed by atoms with Crippen LogP contribution in [0, 0.1) is 6.92 Å². The second-order valence-corrected chi connectivity index (χ2v) is 5.98. The molecule has 2 N–H and O–H groups in total. The summed E-state index contributed by atoms with van der Waals surface area (Å²) in [5, 5.41) is 11.9. The van der Waals surface area contributed by atoms with E-state index in [1.54, 1.807) is 0 Å². The van der Waals surface area contributed by atoms with Gasteiger partial charge in [-0.2, -0.15) is 0 Å². The molecular formula is C16H25NO3. The number of nitrogens with one attached hydrogen (secondary N) is 1. The van der Waals surface area contributed by atoms with E-state index >= 15 is 0 Å². The highest BCUT2D eigenvalue weighted by Crippen LogP contribution is 2.20. The number of aliphatic hydroxyl groups is 1. The molecule has 4 nitrogen and oxygen atoms in total. The Morgan fingerprint density at radius 1 is 1.40 bits per heavy atom. The van der Waals surface area contributed by atoms with Crippen molar-refractivity contribution in [1.82, 2.24) is 5.32 Å². The zero-order valence-corrected chi connectivity index (χ0v) is 12.8. The number of aryl methyl sites for hydroxylation is 1. The van der Waals surface area contributed by atoms with Crippen molar-refractivity contribution >= 4 is 6.09 Å². The number of amides is 1. The van der Waals surface area contributed by atoms with Crippen molar-refractivity contribution in [3.8, 4) is 0 Å². The van der Waals surface area contributed by atoms with Gasteiger partial charge in [0.2, 0.25) is 0 Å². The Bertz CT molecular complexity index is 438. The summed E-state index contributed by atoms with van der Waals surface area (Å²) in [6.07, 6.45) is 0.884. The van der Waals surface area contributed by atoms with E-state index in [1.807, 2.05) is 52.0 Å². The maximum atomic E-state index is 11.9. The first kappa shape index (κ1) is 16.5. The fourth-order valence-electron chi connectivity index (χ4n) is 1.95. The average molecular weight is 279 g/mol. The molecule has 0 fully saturated rings. The molecule has 0 bridgehead atoms. The van der Waals surface area contributed by atoms with Crippen LogP contribution >= 0.6 is 0 Å². The number of benzene rings is 1. The molecule has 1 atom stereocenters. The first-order valence-electron chi connectivity index (χ1n) is 6.99. The molecule has 20 heavy (non-hydrogen) atoms. The summed E-state index contributed by atoms with van der Waals surface area (Å²) in [5.41, 5.74) is 1.66. The highest BCUT2D eigenvalue weighted by molar-refractivity contribution is 5.68. The minimum atomic E-state index is -0.516. The number of hydrogen-bond donors (Lipinski definition) is 2. The number of aliphatic hydroxyl groups excluding tert-OH is 1. The van der Waals surface area contributed by atoms with Crippen molar-refractivity contribution in [1.29, 1.82) is 0 Å². The van der Waals surface area contributed by atoms with Crippen LogP contribution in [0.5, 0.6) is 0 Å². The molecule has 112 valence electrons. The summed E-state index contributed by atoms with van der Waals surface area (Å²) in [5.74, 6) is 0. The summed E-state index contributed by atoms with van der Waals surface area (Å²) in [6, 6.07) is 7.86. The monoisotopic (exact) mass is 279 g/mol. The standard InChI is InChI=1S/C16H25NO3/c1-12-7-5-8-13(11-12)14(9-6-10-18)17-15(19)20-16(2,3)4/h5,7-8,11,14,18H,6,9-10H2,1-4H3,(H,17,19). The summed E-state index contributed by atoms with van der Waals surface area (Å²) in [7, 11) is 0. The SMILES string of the molecule is Cc1cccc(C(CCCO)NC(=O)OC(C)(C)C)c1. The molecule has 0 saturated carbocycles. The molecule has 0 aliphatic carbocycles. The third-order valence-electron chi connectivity index (χ3n) is 2.79. The Kier molecular flexibility index (Phi) is 6.02. The molecule has 1 rings (SSSR count). The van der Waals surface area contributed by atoms with Crippen LogP contribution in [0.4, 0.5) is 4.79 Å². The van der Waals surface area contributed by atoms with Gasteiger partial charge in [-0.25, -0.2) is 4.79 Å². The third kappa shape index (κ3) is 6.06. The van der Waals surface area contributed by atoms with E-state index in [0.717, 1.165) is 11.1 Å². The van der Waals surface area contributed by atoms with Crippen LogP contribution in [0.25, 0.3) is 0 Å².